The first-order valence-electron chi connectivity index (χ1n) is 3.24. The largest absolute Gasteiger partial charge is 0.391 e. The van der Waals surface area contributed by atoms with Gasteiger partial charge in [0.1, 0.15) is 0 Å². The third kappa shape index (κ3) is 4.39. The van der Waals surface area contributed by atoms with E-state index in [1.54, 1.807) is 6.92 Å². The first-order valence-corrected chi connectivity index (χ1v) is 3.24. The Kier molecular flexibility index (Phi) is 4.67. The van der Waals surface area contributed by atoms with Gasteiger partial charge in [0, 0.05) is 0 Å². The molecular weight excluding hydrogens is 118 g/mol. The van der Waals surface area contributed by atoms with Gasteiger partial charge in [-0.05, 0) is 26.3 Å². The van der Waals surface area contributed by atoms with Crippen molar-refractivity contribution < 1.29 is 10.2 Å². The van der Waals surface area contributed by atoms with Gasteiger partial charge in [0.15, 0.2) is 0 Å². The van der Waals surface area contributed by atoms with Crippen molar-refractivity contribution in [3.63, 3.8) is 0 Å². The smallest absolute Gasteiger partial charge is 0.0796 e. The average Bonchev–Trinajstić information content (AvgIpc) is 1.82. The van der Waals surface area contributed by atoms with Crippen LogP contribution in [0.4, 0.5) is 0 Å². The molecule has 2 unspecified atom stereocenters. The quantitative estimate of drug-likeness (QED) is 0.483. The lowest BCUT2D eigenvalue weighted by atomic mass is 10.1. The van der Waals surface area contributed by atoms with E-state index in [9.17, 15) is 0 Å². The van der Waals surface area contributed by atoms with Crippen molar-refractivity contribution in [2.45, 2.75) is 32.0 Å². The van der Waals surface area contributed by atoms with E-state index < -0.39 is 12.2 Å². The number of hydrogen-bond acceptors (Lipinski definition) is 3. The summed E-state index contributed by atoms with van der Waals surface area (Å²) in [5.41, 5.74) is 5.18. The molecule has 0 aromatic heterocycles. The highest BCUT2D eigenvalue weighted by molar-refractivity contribution is 4.61. The standard InChI is InChI=1S/C6H15NO2/c1-5(8)6(9)3-2-4-7/h5-6,8-9H,2-4,7H2,1H3. The lowest BCUT2D eigenvalue weighted by Crippen LogP contribution is -2.23. The Morgan fingerprint density at radius 2 is 2.00 bits per heavy atom. The van der Waals surface area contributed by atoms with Crippen molar-refractivity contribution in [3.05, 3.63) is 0 Å². The fraction of sp³-hybridized carbons (Fsp3) is 1.00. The van der Waals surface area contributed by atoms with Crippen LogP contribution in [0.5, 0.6) is 0 Å². The molecule has 0 fully saturated rings. The molecule has 3 heteroatoms. The Bertz CT molecular complexity index is 66.1. The second kappa shape index (κ2) is 4.73. The van der Waals surface area contributed by atoms with E-state index in [2.05, 4.69) is 0 Å². The zero-order valence-electron chi connectivity index (χ0n) is 5.75. The highest BCUT2D eigenvalue weighted by Gasteiger charge is 2.08. The van der Waals surface area contributed by atoms with Gasteiger partial charge in [0.2, 0.25) is 0 Å². The third-order valence-electron chi connectivity index (χ3n) is 1.26. The van der Waals surface area contributed by atoms with Gasteiger partial charge in [-0.15, -0.1) is 0 Å². The molecule has 4 N–H and O–H groups in total. The molecule has 0 saturated heterocycles. The van der Waals surface area contributed by atoms with Gasteiger partial charge in [0.05, 0.1) is 12.2 Å². The van der Waals surface area contributed by atoms with E-state index in [1.165, 1.54) is 0 Å². The fourth-order valence-corrected chi connectivity index (χ4v) is 0.568. The van der Waals surface area contributed by atoms with Crippen molar-refractivity contribution in [2.24, 2.45) is 5.73 Å². The molecule has 0 aliphatic rings. The van der Waals surface area contributed by atoms with Crippen LogP contribution in [0.2, 0.25) is 0 Å². The Hall–Kier alpha value is -0.120. The van der Waals surface area contributed by atoms with Crippen molar-refractivity contribution in [1.29, 1.82) is 0 Å². The summed E-state index contributed by atoms with van der Waals surface area (Å²) >= 11 is 0. The third-order valence-corrected chi connectivity index (χ3v) is 1.26. The van der Waals surface area contributed by atoms with Crippen LogP contribution in [0.15, 0.2) is 0 Å². The summed E-state index contributed by atoms with van der Waals surface area (Å²) in [6.07, 6.45) is 0.130. The maximum Gasteiger partial charge on any atom is 0.0796 e. The van der Waals surface area contributed by atoms with Crippen LogP contribution < -0.4 is 5.73 Å². The minimum absolute atomic E-state index is 0.573. The Morgan fingerprint density at radius 3 is 2.33 bits per heavy atom. The van der Waals surface area contributed by atoms with Gasteiger partial charge >= 0.3 is 0 Å². The molecule has 0 spiro atoms. The van der Waals surface area contributed by atoms with Crippen LogP contribution in [-0.4, -0.2) is 29.0 Å². The lowest BCUT2D eigenvalue weighted by Gasteiger charge is -2.11. The average molecular weight is 133 g/mol. The normalized spacial score (nSPS) is 17.3. The summed E-state index contributed by atoms with van der Waals surface area (Å²) in [4.78, 5) is 0. The number of nitrogens with two attached hydrogens (primary N) is 1. The summed E-state index contributed by atoms with van der Waals surface area (Å²) in [5.74, 6) is 0. The van der Waals surface area contributed by atoms with E-state index in [0.717, 1.165) is 6.42 Å². The van der Waals surface area contributed by atoms with Crippen LogP contribution in [0, 0.1) is 0 Å². The van der Waals surface area contributed by atoms with E-state index in [-0.39, 0.29) is 0 Å². The molecule has 0 rings (SSSR count). The monoisotopic (exact) mass is 133 g/mol. The van der Waals surface area contributed by atoms with Crippen LogP contribution in [0.1, 0.15) is 19.8 Å². The number of rotatable bonds is 4. The zero-order valence-corrected chi connectivity index (χ0v) is 5.75. The van der Waals surface area contributed by atoms with Crippen molar-refractivity contribution >= 4 is 0 Å². The van der Waals surface area contributed by atoms with Gasteiger partial charge in [0.25, 0.3) is 0 Å². The van der Waals surface area contributed by atoms with Crippen LogP contribution >= 0.6 is 0 Å². The summed E-state index contributed by atoms with van der Waals surface area (Å²) in [6, 6.07) is 0. The number of aliphatic hydroxyl groups excluding tert-OH is 2. The molecule has 0 radical (unpaired) electrons. The second-order valence-corrected chi connectivity index (χ2v) is 2.24. The maximum atomic E-state index is 8.95. The molecule has 0 heterocycles. The van der Waals surface area contributed by atoms with Crippen LogP contribution in [0.3, 0.4) is 0 Å². The van der Waals surface area contributed by atoms with Gasteiger partial charge in [-0.25, -0.2) is 0 Å². The van der Waals surface area contributed by atoms with Gasteiger partial charge in [-0.1, -0.05) is 0 Å². The maximum absolute atomic E-state index is 8.95. The van der Waals surface area contributed by atoms with Crippen molar-refractivity contribution in [3.8, 4) is 0 Å². The Labute approximate surface area is 55.5 Å². The summed E-state index contributed by atoms with van der Waals surface area (Å²) in [5, 5.41) is 17.7. The highest BCUT2D eigenvalue weighted by Crippen LogP contribution is 1.99. The summed E-state index contributed by atoms with van der Waals surface area (Å²) < 4.78 is 0. The predicted octanol–water partition coefficient (Wildman–Crippen LogP) is -0.533. The molecule has 9 heavy (non-hydrogen) atoms. The zero-order chi connectivity index (χ0) is 7.28. The number of aliphatic hydroxyl groups is 2. The molecular formula is C6H15NO2. The van der Waals surface area contributed by atoms with E-state index >= 15 is 0 Å². The molecule has 0 aliphatic heterocycles. The molecule has 0 aromatic rings. The topological polar surface area (TPSA) is 66.5 Å². The molecule has 0 bridgehead atoms. The molecule has 56 valence electrons. The van der Waals surface area contributed by atoms with Crippen molar-refractivity contribution in [1.82, 2.24) is 0 Å². The predicted molar refractivity (Wildman–Crippen MR) is 36.0 cm³/mol. The molecule has 0 amide bonds. The fourth-order valence-electron chi connectivity index (χ4n) is 0.568. The Balaban J connectivity index is 3.16. The van der Waals surface area contributed by atoms with Crippen molar-refractivity contribution in [2.75, 3.05) is 6.54 Å². The van der Waals surface area contributed by atoms with Gasteiger partial charge in [-0.3, -0.25) is 0 Å². The van der Waals surface area contributed by atoms with E-state index in [0.29, 0.717) is 13.0 Å². The minimum atomic E-state index is -0.628. The number of hydrogen-bond donors (Lipinski definition) is 3. The SMILES string of the molecule is CC(O)C(O)CCCN. The highest BCUT2D eigenvalue weighted by atomic mass is 16.3. The molecule has 2 atom stereocenters. The summed E-state index contributed by atoms with van der Waals surface area (Å²) in [6.45, 7) is 2.14. The Morgan fingerprint density at radius 1 is 1.44 bits per heavy atom. The minimum Gasteiger partial charge on any atom is -0.391 e. The first-order chi connectivity index (χ1) is 4.18. The molecule has 0 aromatic carbocycles. The van der Waals surface area contributed by atoms with Crippen LogP contribution in [-0.2, 0) is 0 Å². The second-order valence-electron chi connectivity index (χ2n) is 2.24. The molecule has 3 nitrogen and oxygen atoms in total. The van der Waals surface area contributed by atoms with Crippen LogP contribution in [0.25, 0.3) is 0 Å². The van der Waals surface area contributed by atoms with E-state index in [1.807, 2.05) is 0 Å². The molecule has 0 aliphatic carbocycles. The van der Waals surface area contributed by atoms with Gasteiger partial charge in [-0.2, -0.15) is 0 Å². The van der Waals surface area contributed by atoms with Gasteiger partial charge < -0.3 is 15.9 Å². The molecule has 0 saturated carbocycles. The lowest BCUT2D eigenvalue weighted by molar-refractivity contribution is 0.0255. The first kappa shape index (κ1) is 8.88. The van der Waals surface area contributed by atoms with E-state index in [4.69, 9.17) is 15.9 Å². The summed E-state index contributed by atoms with van der Waals surface area (Å²) in [7, 11) is 0.